The first-order chi connectivity index (χ1) is 15.0. The number of carbonyl (C=O) groups excluding carboxylic acids is 3. The molecule has 0 bridgehead atoms. The highest BCUT2D eigenvalue weighted by Crippen LogP contribution is 2.28. The highest BCUT2D eigenvalue weighted by molar-refractivity contribution is 6.10. The number of methoxy groups -OCH3 is 1. The van der Waals surface area contributed by atoms with Gasteiger partial charge in [-0.2, -0.15) is 0 Å². The molecule has 0 aliphatic carbocycles. The number of benzene rings is 2. The van der Waals surface area contributed by atoms with Crippen LogP contribution in [0.4, 0.5) is 4.79 Å². The van der Waals surface area contributed by atoms with Gasteiger partial charge in [-0.3, -0.25) is 14.9 Å². The van der Waals surface area contributed by atoms with Crippen molar-refractivity contribution in [1.29, 1.82) is 0 Å². The molecule has 0 saturated carbocycles. The summed E-state index contributed by atoms with van der Waals surface area (Å²) >= 11 is 0. The molecule has 8 heteroatoms. The summed E-state index contributed by atoms with van der Waals surface area (Å²) in [7, 11) is 1.53. The maximum absolute atomic E-state index is 12.9. The molecule has 8 nitrogen and oxygen atoms in total. The molecule has 0 unspecified atom stereocenters. The number of imide groups is 1. The van der Waals surface area contributed by atoms with Crippen LogP contribution in [0.15, 0.2) is 53.1 Å². The van der Waals surface area contributed by atoms with Crippen LogP contribution in [0, 0.1) is 11.8 Å². The summed E-state index contributed by atoms with van der Waals surface area (Å²) in [5.41, 5.74) is 1.16. The Kier molecular flexibility index (Phi) is 4.19. The van der Waals surface area contributed by atoms with E-state index in [1.54, 1.807) is 30.5 Å². The second-order valence-corrected chi connectivity index (χ2v) is 7.42. The van der Waals surface area contributed by atoms with Gasteiger partial charge in [-0.05, 0) is 42.0 Å². The van der Waals surface area contributed by atoms with E-state index in [0.717, 1.165) is 16.5 Å². The first-order valence-corrected chi connectivity index (χ1v) is 9.58. The first-order valence-electron chi connectivity index (χ1n) is 9.58. The van der Waals surface area contributed by atoms with Gasteiger partial charge in [0.05, 0.1) is 19.9 Å². The van der Waals surface area contributed by atoms with E-state index < -0.39 is 17.5 Å². The van der Waals surface area contributed by atoms with E-state index in [-0.39, 0.29) is 12.5 Å². The second kappa shape index (κ2) is 6.92. The minimum absolute atomic E-state index is 0.0820. The highest BCUT2D eigenvalue weighted by atomic mass is 16.5. The van der Waals surface area contributed by atoms with E-state index in [1.165, 1.54) is 12.0 Å². The van der Waals surface area contributed by atoms with Gasteiger partial charge in [-0.1, -0.05) is 17.9 Å². The molecule has 0 spiro atoms. The van der Waals surface area contributed by atoms with Gasteiger partial charge in [0.25, 0.3) is 11.8 Å². The Hall–Kier alpha value is -4.25. The van der Waals surface area contributed by atoms with Crippen LogP contribution in [0.3, 0.4) is 0 Å². The highest BCUT2D eigenvalue weighted by Gasteiger charge is 2.48. The Morgan fingerprint density at radius 2 is 2.03 bits per heavy atom. The molecule has 1 aromatic heterocycles. The molecule has 154 valence electrons. The molecule has 0 radical (unpaired) electrons. The molecule has 2 aromatic carbocycles. The minimum Gasteiger partial charge on any atom is -0.497 e. The lowest BCUT2D eigenvalue weighted by Gasteiger charge is -2.26. The maximum atomic E-state index is 12.9. The summed E-state index contributed by atoms with van der Waals surface area (Å²) in [6.07, 6.45) is 1.58. The zero-order valence-corrected chi connectivity index (χ0v) is 16.5. The van der Waals surface area contributed by atoms with Crippen LogP contribution in [0.5, 0.6) is 5.75 Å². The molecule has 1 fully saturated rings. The second-order valence-electron chi connectivity index (χ2n) is 7.42. The van der Waals surface area contributed by atoms with Crippen LogP contribution in [-0.4, -0.2) is 41.9 Å². The number of hydrogen-bond donors (Lipinski definition) is 2. The molecule has 1 atom stereocenters. The molecule has 3 aromatic rings. The number of urea groups is 1. The number of nitrogens with zero attached hydrogens (tertiary/aromatic N) is 1. The van der Waals surface area contributed by atoms with Crippen LogP contribution >= 0.6 is 0 Å². The predicted molar refractivity (Wildman–Crippen MR) is 110 cm³/mol. The zero-order valence-electron chi connectivity index (χ0n) is 16.5. The van der Waals surface area contributed by atoms with Crippen molar-refractivity contribution in [3.05, 3.63) is 65.4 Å². The van der Waals surface area contributed by atoms with Crippen molar-refractivity contribution in [1.82, 2.24) is 15.5 Å². The standard InChI is InChI=1S/C23H17N3O5/c1-30-17-4-3-16-12-26(20(27)18(16)11-17)13-23(21(28)24-22(29)25-23)8-6-14-2-5-19-15(10-14)7-9-31-19/h2-5,7,9-11H,12-13H2,1H3,(H2,24,25,28,29)/t23-/m1/s1. The lowest BCUT2D eigenvalue weighted by Crippen LogP contribution is -2.54. The first kappa shape index (κ1) is 18.8. The Bertz CT molecular complexity index is 1320. The van der Waals surface area contributed by atoms with Gasteiger partial charge in [-0.15, -0.1) is 0 Å². The van der Waals surface area contributed by atoms with E-state index in [1.807, 2.05) is 18.2 Å². The van der Waals surface area contributed by atoms with Gasteiger partial charge in [0.15, 0.2) is 0 Å². The SMILES string of the molecule is COc1ccc2c(c1)C(=O)N(C[C@@]1(C#Cc3ccc4occc4c3)NC(=O)NC1=O)C2. The number of furan rings is 1. The van der Waals surface area contributed by atoms with Crippen molar-refractivity contribution < 1.29 is 23.5 Å². The van der Waals surface area contributed by atoms with Crippen LogP contribution < -0.4 is 15.4 Å². The fraction of sp³-hybridized carbons (Fsp3) is 0.174. The van der Waals surface area contributed by atoms with E-state index in [9.17, 15) is 14.4 Å². The minimum atomic E-state index is -1.55. The summed E-state index contributed by atoms with van der Waals surface area (Å²) in [6, 6.07) is 11.8. The molecule has 1 saturated heterocycles. The van der Waals surface area contributed by atoms with Crippen LogP contribution in [-0.2, 0) is 11.3 Å². The molecule has 31 heavy (non-hydrogen) atoms. The maximum Gasteiger partial charge on any atom is 0.323 e. The number of fused-ring (bicyclic) bond motifs is 2. The lowest BCUT2D eigenvalue weighted by molar-refractivity contribution is -0.122. The number of hydrogen-bond acceptors (Lipinski definition) is 5. The van der Waals surface area contributed by atoms with Crippen molar-refractivity contribution in [3.8, 4) is 17.6 Å². The van der Waals surface area contributed by atoms with Gasteiger partial charge < -0.3 is 19.4 Å². The molecule has 2 aliphatic heterocycles. The molecule has 5 rings (SSSR count). The van der Waals surface area contributed by atoms with Crippen molar-refractivity contribution in [3.63, 3.8) is 0 Å². The smallest absolute Gasteiger partial charge is 0.323 e. The summed E-state index contributed by atoms with van der Waals surface area (Å²) in [5, 5.41) is 5.71. The Labute approximate surface area is 177 Å². The number of ether oxygens (including phenoxy) is 1. The van der Waals surface area contributed by atoms with Crippen LogP contribution in [0.25, 0.3) is 11.0 Å². The topological polar surface area (TPSA) is 101 Å². The number of carbonyl (C=O) groups is 3. The lowest BCUT2D eigenvalue weighted by atomic mass is 9.99. The summed E-state index contributed by atoms with van der Waals surface area (Å²) < 4.78 is 10.5. The monoisotopic (exact) mass is 415 g/mol. The number of nitrogens with one attached hydrogen (secondary N) is 2. The van der Waals surface area contributed by atoms with E-state index in [0.29, 0.717) is 23.4 Å². The third-order valence-electron chi connectivity index (χ3n) is 5.44. The molecular formula is C23H17N3O5. The Morgan fingerprint density at radius 3 is 2.81 bits per heavy atom. The molecule has 4 amide bonds. The molecule has 2 N–H and O–H groups in total. The van der Waals surface area contributed by atoms with Crippen LogP contribution in [0.2, 0.25) is 0 Å². The average Bonchev–Trinajstić information content (AvgIpc) is 3.43. The summed E-state index contributed by atoms with van der Waals surface area (Å²) in [6.45, 7) is 0.229. The van der Waals surface area contributed by atoms with E-state index in [2.05, 4.69) is 22.5 Å². The zero-order chi connectivity index (χ0) is 21.6. The van der Waals surface area contributed by atoms with Crippen molar-refractivity contribution in [2.45, 2.75) is 12.1 Å². The van der Waals surface area contributed by atoms with Crippen molar-refractivity contribution >= 4 is 28.8 Å². The van der Waals surface area contributed by atoms with E-state index in [4.69, 9.17) is 9.15 Å². The van der Waals surface area contributed by atoms with Gasteiger partial charge in [-0.25, -0.2) is 4.79 Å². The Morgan fingerprint density at radius 1 is 1.16 bits per heavy atom. The normalized spacial score (nSPS) is 19.6. The quantitative estimate of drug-likeness (QED) is 0.504. The van der Waals surface area contributed by atoms with E-state index >= 15 is 0 Å². The fourth-order valence-electron chi connectivity index (χ4n) is 3.84. The predicted octanol–water partition coefficient (Wildman–Crippen LogP) is 2.03. The molecule has 3 heterocycles. The summed E-state index contributed by atoms with van der Waals surface area (Å²) in [5.74, 6) is 5.61. The van der Waals surface area contributed by atoms with Crippen LogP contribution in [0.1, 0.15) is 21.5 Å². The third-order valence-corrected chi connectivity index (χ3v) is 5.44. The number of amides is 4. The van der Waals surface area contributed by atoms with Crippen molar-refractivity contribution in [2.75, 3.05) is 13.7 Å². The Balaban J connectivity index is 1.47. The summed E-state index contributed by atoms with van der Waals surface area (Å²) in [4.78, 5) is 39.1. The average molecular weight is 415 g/mol. The molecule has 2 aliphatic rings. The fourth-order valence-corrected chi connectivity index (χ4v) is 3.84. The molecular weight excluding hydrogens is 398 g/mol. The largest absolute Gasteiger partial charge is 0.497 e. The van der Waals surface area contributed by atoms with Crippen molar-refractivity contribution in [2.24, 2.45) is 0 Å². The van der Waals surface area contributed by atoms with Gasteiger partial charge in [0, 0.05) is 23.1 Å². The van der Waals surface area contributed by atoms with Gasteiger partial charge in [0.2, 0.25) is 5.54 Å². The third kappa shape index (κ3) is 3.16. The number of rotatable bonds is 3. The van der Waals surface area contributed by atoms with Gasteiger partial charge in [0.1, 0.15) is 11.3 Å². The van der Waals surface area contributed by atoms with Gasteiger partial charge >= 0.3 is 6.03 Å².